The molecule has 3 aromatic rings. The molecule has 1 N–H and O–H groups in total. The minimum absolute atomic E-state index is 0.218. The number of likely N-dealkylation sites (tertiary alicyclic amines) is 1. The fourth-order valence-electron chi connectivity index (χ4n) is 3.69. The molecule has 1 fully saturated rings. The van der Waals surface area contributed by atoms with Crippen molar-refractivity contribution in [2.75, 3.05) is 18.0 Å². The van der Waals surface area contributed by atoms with Crippen LogP contribution in [0.3, 0.4) is 0 Å². The van der Waals surface area contributed by atoms with Gasteiger partial charge in [-0.15, -0.1) is 0 Å². The number of hydrogen-bond acceptors (Lipinski definition) is 3. The molecule has 0 bridgehead atoms. The average Bonchev–Trinajstić information content (AvgIpc) is 3.26. The predicted octanol–water partition coefficient (Wildman–Crippen LogP) is 4.88. The SMILES string of the molecule is O=C(O)N1CC[C@H](N(C(=O)c2ccccc2Oc2ccccc2)c2ccccc2)C1. The molecule has 6 nitrogen and oxygen atoms in total. The van der Waals surface area contributed by atoms with Gasteiger partial charge in [-0.2, -0.15) is 0 Å². The number of carbonyl (C=O) groups excluding carboxylic acids is 1. The van der Waals surface area contributed by atoms with Crippen LogP contribution in [0.2, 0.25) is 0 Å². The van der Waals surface area contributed by atoms with Gasteiger partial charge >= 0.3 is 6.09 Å². The third kappa shape index (κ3) is 4.12. The van der Waals surface area contributed by atoms with Crippen molar-refractivity contribution in [2.24, 2.45) is 0 Å². The second kappa shape index (κ2) is 8.69. The minimum Gasteiger partial charge on any atom is -0.465 e. The van der Waals surface area contributed by atoms with E-state index >= 15 is 0 Å². The number of carboxylic acid groups (broad SMARTS) is 1. The van der Waals surface area contributed by atoms with Crippen molar-refractivity contribution in [2.45, 2.75) is 12.5 Å². The monoisotopic (exact) mass is 402 g/mol. The van der Waals surface area contributed by atoms with Crippen LogP contribution in [-0.2, 0) is 0 Å². The Bertz CT molecular complexity index is 1020. The number of para-hydroxylation sites is 3. The minimum atomic E-state index is -0.967. The molecule has 1 atom stereocenters. The van der Waals surface area contributed by atoms with Crippen molar-refractivity contribution in [1.29, 1.82) is 0 Å². The normalized spacial score (nSPS) is 15.6. The fourth-order valence-corrected chi connectivity index (χ4v) is 3.69. The molecule has 0 unspecified atom stereocenters. The summed E-state index contributed by atoms with van der Waals surface area (Å²) < 4.78 is 5.99. The van der Waals surface area contributed by atoms with E-state index in [2.05, 4.69) is 0 Å². The van der Waals surface area contributed by atoms with Gasteiger partial charge in [0.05, 0.1) is 11.6 Å². The largest absolute Gasteiger partial charge is 0.465 e. The predicted molar refractivity (Wildman–Crippen MR) is 114 cm³/mol. The van der Waals surface area contributed by atoms with Crippen molar-refractivity contribution in [3.8, 4) is 11.5 Å². The van der Waals surface area contributed by atoms with E-state index in [1.54, 1.807) is 23.1 Å². The molecule has 1 saturated heterocycles. The summed E-state index contributed by atoms with van der Waals surface area (Å²) >= 11 is 0. The van der Waals surface area contributed by atoms with E-state index in [1.165, 1.54) is 4.90 Å². The summed E-state index contributed by atoms with van der Waals surface area (Å²) in [5.41, 5.74) is 1.16. The van der Waals surface area contributed by atoms with Gasteiger partial charge in [0.1, 0.15) is 11.5 Å². The second-order valence-electron chi connectivity index (χ2n) is 7.09. The molecule has 0 spiro atoms. The smallest absolute Gasteiger partial charge is 0.407 e. The lowest BCUT2D eigenvalue weighted by atomic mass is 10.1. The lowest BCUT2D eigenvalue weighted by Crippen LogP contribution is -2.43. The number of ether oxygens (including phenoxy) is 1. The van der Waals surface area contributed by atoms with Gasteiger partial charge in [0.2, 0.25) is 0 Å². The van der Waals surface area contributed by atoms with Gasteiger partial charge in [0, 0.05) is 18.8 Å². The van der Waals surface area contributed by atoms with Gasteiger partial charge in [-0.1, -0.05) is 48.5 Å². The molecule has 0 aliphatic carbocycles. The van der Waals surface area contributed by atoms with Crippen LogP contribution in [-0.4, -0.2) is 41.1 Å². The third-order valence-corrected chi connectivity index (χ3v) is 5.14. The number of anilines is 1. The van der Waals surface area contributed by atoms with Crippen LogP contribution < -0.4 is 9.64 Å². The Kier molecular flexibility index (Phi) is 5.66. The molecular weight excluding hydrogens is 380 g/mol. The highest BCUT2D eigenvalue weighted by molar-refractivity contribution is 6.08. The number of amides is 2. The van der Waals surface area contributed by atoms with Crippen LogP contribution in [0, 0.1) is 0 Å². The quantitative estimate of drug-likeness (QED) is 0.660. The zero-order chi connectivity index (χ0) is 20.9. The van der Waals surface area contributed by atoms with Crippen LogP contribution in [0.15, 0.2) is 84.9 Å². The standard InChI is InChI=1S/C24H22N2O4/c27-23(21-13-7-8-14-22(21)30-20-11-5-2-6-12-20)26(18-9-3-1-4-10-18)19-15-16-25(17-19)24(28)29/h1-14,19H,15-17H2,(H,28,29)/t19-/m0/s1. The Morgan fingerprint density at radius 1 is 0.900 bits per heavy atom. The van der Waals surface area contributed by atoms with E-state index in [4.69, 9.17) is 4.74 Å². The molecule has 6 heteroatoms. The summed E-state index contributed by atoms with van der Waals surface area (Å²) in [5, 5.41) is 9.35. The average molecular weight is 402 g/mol. The Labute approximate surface area is 174 Å². The van der Waals surface area contributed by atoms with Gasteiger partial charge < -0.3 is 19.6 Å². The zero-order valence-corrected chi connectivity index (χ0v) is 16.3. The molecule has 3 aromatic carbocycles. The molecule has 0 aromatic heterocycles. The Hall–Kier alpha value is -3.80. The summed E-state index contributed by atoms with van der Waals surface area (Å²) in [4.78, 5) is 28.1. The Morgan fingerprint density at radius 2 is 1.53 bits per heavy atom. The van der Waals surface area contributed by atoms with Crippen molar-refractivity contribution in [3.05, 3.63) is 90.5 Å². The molecule has 1 heterocycles. The first-order valence-corrected chi connectivity index (χ1v) is 9.82. The van der Waals surface area contributed by atoms with Gasteiger partial charge in [-0.3, -0.25) is 4.79 Å². The molecule has 0 radical (unpaired) electrons. The third-order valence-electron chi connectivity index (χ3n) is 5.14. The lowest BCUT2D eigenvalue weighted by molar-refractivity contribution is 0.0973. The number of rotatable bonds is 5. The van der Waals surface area contributed by atoms with Gasteiger partial charge in [0.25, 0.3) is 5.91 Å². The highest BCUT2D eigenvalue weighted by Gasteiger charge is 2.35. The molecule has 2 amide bonds. The summed E-state index contributed by atoms with van der Waals surface area (Å²) in [6, 6.07) is 25.5. The maximum absolute atomic E-state index is 13.7. The van der Waals surface area contributed by atoms with Gasteiger partial charge in [-0.05, 0) is 42.8 Å². The van der Waals surface area contributed by atoms with E-state index < -0.39 is 6.09 Å². The van der Waals surface area contributed by atoms with Crippen LogP contribution in [0.4, 0.5) is 10.5 Å². The van der Waals surface area contributed by atoms with E-state index in [-0.39, 0.29) is 18.5 Å². The number of carbonyl (C=O) groups is 2. The van der Waals surface area contributed by atoms with Crippen molar-refractivity contribution in [3.63, 3.8) is 0 Å². The summed E-state index contributed by atoms with van der Waals surface area (Å²) in [6.45, 7) is 0.677. The zero-order valence-electron chi connectivity index (χ0n) is 16.3. The van der Waals surface area contributed by atoms with E-state index in [0.29, 0.717) is 30.0 Å². The highest BCUT2D eigenvalue weighted by Crippen LogP contribution is 2.30. The van der Waals surface area contributed by atoms with Crippen molar-refractivity contribution >= 4 is 17.7 Å². The molecule has 4 rings (SSSR count). The van der Waals surface area contributed by atoms with Crippen LogP contribution >= 0.6 is 0 Å². The second-order valence-corrected chi connectivity index (χ2v) is 7.09. The topological polar surface area (TPSA) is 70.1 Å². The molecule has 1 aliphatic heterocycles. The molecule has 30 heavy (non-hydrogen) atoms. The Morgan fingerprint density at radius 3 is 2.20 bits per heavy atom. The number of hydrogen-bond donors (Lipinski definition) is 1. The molecule has 152 valence electrons. The van der Waals surface area contributed by atoms with Crippen LogP contribution in [0.1, 0.15) is 16.8 Å². The van der Waals surface area contributed by atoms with Gasteiger partial charge in [0.15, 0.2) is 0 Å². The first kappa shape index (κ1) is 19.5. The fraction of sp³-hybridized carbons (Fsp3) is 0.167. The Balaban J connectivity index is 1.68. The van der Waals surface area contributed by atoms with Gasteiger partial charge in [-0.25, -0.2) is 4.79 Å². The highest BCUT2D eigenvalue weighted by atomic mass is 16.5. The number of nitrogens with zero attached hydrogens (tertiary/aromatic N) is 2. The van der Waals surface area contributed by atoms with Crippen molar-refractivity contribution < 1.29 is 19.4 Å². The summed E-state index contributed by atoms with van der Waals surface area (Å²) in [7, 11) is 0. The first-order chi connectivity index (χ1) is 14.6. The maximum Gasteiger partial charge on any atom is 0.407 e. The van der Waals surface area contributed by atoms with Crippen LogP contribution in [0.25, 0.3) is 0 Å². The van der Waals surface area contributed by atoms with Crippen molar-refractivity contribution in [1.82, 2.24) is 4.90 Å². The lowest BCUT2D eigenvalue weighted by Gasteiger charge is -2.29. The molecule has 0 saturated carbocycles. The molecule has 1 aliphatic rings. The molecular formula is C24H22N2O4. The van der Waals surface area contributed by atoms with E-state index in [1.807, 2.05) is 66.7 Å². The summed E-state index contributed by atoms with van der Waals surface area (Å²) in [6.07, 6.45) is -0.389. The van der Waals surface area contributed by atoms with E-state index in [9.17, 15) is 14.7 Å². The number of benzene rings is 3. The van der Waals surface area contributed by atoms with Crippen LogP contribution in [0.5, 0.6) is 11.5 Å². The first-order valence-electron chi connectivity index (χ1n) is 9.82. The van der Waals surface area contributed by atoms with E-state index in [0.717, 1.165) is 5.69 Å². The maximum atomic E-state index is 13.7. The summed E-state index contributed by atoms with van der Waals surface area (Å²) in [5.74, 6) is 0.884.